The zero-order valence-electron chi connectivity index (χ0n) is 18.4. The maximum atomic E-state index is 5.67. The minimum atomic E-state index is 0.711. The predicted molar refractivity (Wildman–Crippen MR) is 125 cm³/mol. The molecule has 160 valence electrons. The van der Waals surface area contributed by atoms with Crippen molar-refractivity contribution in [2.24, 2.45) is 0 Å². The Balaban J connectivity index is 1.54. The first-order valence-corrected chi connectivity index (χ1v) is 10.3. The molecule has 7 nitrogen and oxygen atoms in total. The first-order chi connectivity index (χ1) is 15.5. The molecule has 2 aromatic carbocycles. The fourth-order valence-electron chi connectivity index (χ4n) is 4.09. The number of aromatic nitrogens is 4. The van der Waals surface area contributed by atoms with Crippen LogP contribution in [0, 0.1) is 20.8 Å². The van der Waals surface area contributed by atoms with Crippen molar-refractivity contribution in [3.63, 3.8) is 0 Å². The largest absolute Gasteiger partial charge is 0.495 e. The smallest absolute Gasteiger partial charge is 0.142 e. The van der Waals surface area contributed by atoms with Gasteiger partial charge in [0.05, 0.1) is 24.2 Å². The number of hydrogen-bond acceptors (Lipinski definition) is 6. The van der Waals surface area contributed by atoms with E-state index in [0.29, 0.717) is 5.75 Å². The third-order valence-corrected chi connectivity index (χ3v) is 5.67. The number of H-pyrrole nitrogens is 1. The minimum absolute atomic E-state index is 0.711. The Hall–Kier alpha value is -4.13. The van der Waals surface area contributed by atoms with Crippen molar-refractivity contribution in [3.8, 4) is 28.0 Å². The molecule has 5 rings (SSSR count). The second-order valence-electron chi connectivity index (χ2n) is 7.72. The van der Waals surface area contributed by atoms with Crippen LogP contribution in [0.5, 0.6) is 5.75 Å². The molecule has 32 heavy (non-hydrogen) atoms. The summed E-state index contributed by atoms with van der Waals surface area (Å²) in [4.78, 5) is 4.61. The summed E-state index contributed by atoms with van der Waals surface area (Å²) < 4.78 is 11.0. The molecule has 3 heterocycles. The van der Waals surface area contributed by atoms with Gasteiger partial charge in [0.2, 0.25) is 0 Å². The SMILES string of the molecule is COc1cc(-c2c(C)noc2C)ccc1Nc1cc2c(-c3c[nH]nc3C)cccc2cn1. The molecule has 5 aromatic rings. The van der Waals surface area contributed by atoms with E-state index < -0.39 is 0 Å². The number of methoxy groups -OCH3 is 1. The average Bonchev–Trinajstić information content (AvgIpc) is 3.38. The molecule has 2 N–H and O–H groups in total. The van der Waals surface area contributed by atoms with Crippen molar-refractivity contribution >= 4 is 22.3 Å². The topological polar surface area (TPSA) is 88.9 Å². The maximum absolute atomic E-state index is 5.67. The highest BCUT2D eigenvalue weighted by Crippen LogP contribution is 2.36. The zero-order chi connectivity index (χ0) is 22.2. The Morgan fingerprint density at radius 1 is 1.00 bits per heavy atom. The van der Waals surface area contributed by atoms with Crippen LogP contribution in [0.2, 0.25) is 0 Å². The predicted octanol–water partition coefficient (Wildman–Crippen LogP) is 5.96. The molecule has 0 bridgehead atoms. The highest BCUT2D eigenvalue weighted by molar-refractivity contribution is 5.98. The second-order valence-corrected chi connectivity index (χ2v) is 7.72. The number of rotatable bonds is 5. The molecule has 0 aliphatic rings. The molecule has 0 spiro atoms. The van der Waals surface area contributed by atoms with Gasteiger partial charge in [0.25, 0.3) is 0 Å². The van der Waals surface area contributed by atoms with Gasteiger partial charge >= 0.3 is 0 Å². The molecule has 0 aliphatic carbocycles. The highest BCUT2D eigenvalue weighted by atomic mass is 16.5. The van der Waals surface area contributed by atoms with Crippen LogP contribution in [0.3, 0.4) is 0 Å². The molecule has 3 aromatic heterocycles. The second kappa shape index (κ2) is 7.85. The summed E-state index contributed by atoms with van der Waals surface area (Å²) >= 11 is 0. The number of fused-ring (bicyclic) bond motifs is 1. The van der Waals surface area contributed by atoms with Crippen LogP contribution in [-0.4, -0.2) is 27.4 Å². The molecule has 0 aliphatic heterocycles. The van der Waals surface area contributed by atoms with E-state index in [9.17, 15) is 0 Å². The van der Waals surface area contributed by atoms with E-state index in [4.69, 9.17) is 9.26 Å². The van der Waals surface area contributed by atoms with Crippen LogP contribution >= 0.6 is 0 Å². The molecular weight excluding hydrogens is 402 g/mol. The normalized spacial score (nSPS) is 11.1. The van der Waals surface area contributed by atoms with Crippen molar-refractivity contribution in [3.05, 3.63) is 72.0 Å². The average molecular weight is 425 g/mol. The van der Waals surface area contributed by atoms with E-state index in [1.54, 1.807) is 7.11 Å². The van der Waals surface area contributed by atoms with Crippen LogP contribution in [0.15, 0.2) is 59.4 Å². The number of aryl methyl sites for hydroxylation is 3. The standard InChI is InChI=1S/C25H23N5O2/c1-14-21(13-27-29-14)19-7-5-6-18-12-26-24(11-20(18)19)28-22-9-8-17(10-23(22)31-4)25-15(2)30-32-16(25)3/h5-13H,1-4H3,(H,26,28)(H,27,29). The Kier molecular flexibility index (Phi) is 4.86. The highest BCUT2D eigenvalue weighted by Gasteiger charge is 2.15. The van der Waals surface area contributed by atoms with Gasteiger partial charge in [0, 0.05) is 28.9 Å². The number of anilines is 2. The molecule has 0 radical (unpaired) electrons. The fraction of sp³-hybridized carbons (Fsp3) is 0.160. The van der Waals surface area contributed by atoms with Crippen molar-refractivity contribution < 1.29 is 9.26 Å². The van der Waals surface area contributed by atoms with E-state index in [1.165, 1.54) is 0 Å². The van der Waals surface area contributed by atoms with Crippen molar-refractivity contribution in [2.45, 2.75) is 20.8 Å². The summed E-state index contributed by atoms with van der Waals surface area (Å²) in [7, 11) is 1.66. The van der Waals surface area contributed by atoms with E-state index in [0.717, 1.165) is 61.7 Å². The number of pyridine rings is 1. The van der Waals surface area contributed by atoms with E-state index in [1.807, 2.05) is 57.4 Å². The van der Waals surface area contributed by atoms with Gasteiger partial charge in [-0.05, 0) is 55.5 Å². The summed E-state index contributed by atoms with van der Waals surface area (Å²) in [6.45, 7) is 5.84. The van der Waals surface area contributed by atoms with Gasteiger partial charge < -0.3 is 14.6 Å². The van der Waals surface area contributed by atoms with Gasteiger partial charge in [-0.3, -0.25) is 5.10 Å². The third kappa shape index (κ3) is 3.37. The molecule has 0 atom stereocenters. The molecule has 0 amide bonds. The lowest BCUT2D eigenvalue weighted by Crippen LogP contribution is -1.98. The lowest BCUT2D eigenvalue weighted by atomic mass is 10.00. The number of aromatic amines is 1. The van der Waals surface area contributed by atoms with Crippen LogP contribution in [0.4, 0.5) is 11.5 Å². The summed E-state index contributed by atoms with van der Waals surface area (Å²) in [5.74, 6) is 2.22. The molecule has 0 fully saturated rings. The quantitative estimate of drug-likeness (QED) is 0.361. The van der Waals surface area contributed by atoms with Crippen LogP contribution in [-0.2, 0) is 0 Å². The van der Waals surface area contributed by atoms with E-state index in [2.05, 4.69) is 43.9 Å². The number of ether oxygens (including phenoxy) is 1. The van der Waals surface area contributed by atoms with Crippen molar-refractivity contribution in [2.75, 3.05) is 12.4 Å². The van der Waals surface area contributed by atoms with Gasteiger partial charge in [-0.25, -0.2) is 4.98 Å². The van der Waals surface area contributed by atoms with Gasteiger partial charge in [-0.2, -0.15) is 5.10 Å². The Morgan fingerprint density at radius 3 is 2.59 bits per heavy atom. The monoisotopic (exact) mass is 425 g/mol. The van der Waals surface area contributed by atoms with E-state index >= 15 is 0 Å². The van der Waals surface area contributed by atoms with Gasteiger partial charge in [0.1, 0.15) is 17.3 Å². The summed E-state index contributed by atoms with van der Waals surface area (Å²) in [6, 6.07) is 14.2. The molecule has 0 unspecified atom stereocenters. The number of benzene rings is 2. The third-order valence-electron chi connectivity index (χ3n) is 5.67. The van der Waals surface area contributed by atoms with Crippen molar-refractivity contribution in [1.82, 2.24) is 20.3 Å². The number of hydrogen-bond donors (Lipinski definition) is 2. The van der Waals surface area contributed by atoms with Gasteiger partial charge in [0.15, 0.2) is 0 Å². The molecular formula is C25H23N5O2. The number of nitrogens with one attached hydrogen (secondary N) is 2. The van der Waals surface area contributed by atoms with Crippen LogP contribution in [0.1, 0.15) is 17.1 Å². The lowest BCUT2D eigenvalue weighted by Gasteiger charge is -2.13. The van der Waals surface area contributed by atoms with Crippen LogP contribution < -0.4 is 10.1 Å². The minimum Gasteiger partial charge on any atom is -0.495 e. The molecule has 0 saturated heterocycles. The summed E-state index contributed by atoms with van der Waals surface area (Å²) in [6.07, 6.45) is 3.80. The van der Waals surface area contributed by atoms with Gasteiger partial charge in [-0.15, -0.1) is 0 Å². The Morgan fingerprint density at radius 2 is 1.88 bits per heavy atom. The zero-order valence-corrected chi connectivity index (χ0v) is 18.4. The first-order valence-electron chi connectivity index (χ1n) is 10.3. The van der Waals surface area contributed by atoms with Crippen molar-refractivity contribution in [1.29, 1.82) is 0 Å². The lowest BCUT2D eigenvalue weighted by molar-refractivity contribution is 0.393. The Labute approximate surface area is 185 Å². The first kappa shape index (κ1) is 19.8. The van der Waals surface area contributed by atoms with Gasteiger partial charge in [-0.1, -0.05) is 29.4 Å². The maximum Gasteiger partial charge on any atom is 0.142 e. The Bertz CT molecular complexity index is 1410. The molecule has 0 saturated carbocycles. The van der Waals surface area contributed by atoms with Crippen LogP contribution in [0.25, 0.3) is 33.0 Å². The number of nitrogens with zero attached hydrogens (tertiary/aromatic N) is 3. The fourth-order valence-corrected chi connectivity index (χ4v) is 4.09. The molecule has 7 heteroatoms. The van der Waals surface area contributed by atoms with E-state index in [-0.39, 0.29) is 0 Å². The summed E-state index contributed by atoms with van der Waals surface area (Å²) in [5.41, 5.74) is 6.80. The summed E-state index contributed by atoms with van der Waals surface area (Å²) in [5, 5.41) is 16.8.